The lowest BCUT2D eigenvalue weighted by molar-refractivity contribution is -0.110. The first-order valence-electron chi connectivity index (χ1n) is 7.85. The molecule has 126 valence electrons. The Morgan fingerprint density at radius 3 is 2.00 bits per heavy atom. The fourth-order valence-electron chi connectivity index (χ4n) is 2.58. The van der Waals surface area contributed by atoms with Gasteiger partial charge in [0.2, 0.25) is 0 Å². The van der Waals surface area contributed by atoms with Crippen LogP contribution < -0.4 is 0 Å². The van der Waals surface area contributed by atoms with Gasteiger partial charge in [-0.1, -0.05) is 25.6 Å². The van der Waals surface area contributed by atoms with E-state index in [1.165, 1.54) is 11.8 Å². The molecule has 0 aliphatic carbocycles. The van der Waals surface area contributed by atoms with E-state index in [4.69, 9.17) is 0 Å². The standard InChI is InChI=1S/C16H33NO3S/c1-7-15(20)21-11-12(2)8-16(5,6)17(9-13(3)18)10-14(4)19/h12-14,18-19H,7-11H2,1-6H3. The molecule has 0 amide bonds. The maximum absolute atomic E-state index is 11.4. The average Bonchev–Trinajstić information content (AvgIpc) is 2.33. The zero-order chi connectivity index (χ0) is 16.6. The predicted octanol–water partition coefficient (Wildman–Crippen LogP) is 2.52. The largest absolute Gasteiger partial charge is 0.392 e. The van der Waals surface area contributed by atoms with Gasteiger partial charge >= 0.3 is 0 Å². The molecule has 0 aromatic rings. The fraction of sp³-hybridized carbons (Fsp3) is 0.938. The van der Waals surface area contributed by atoms with Gasteiger partial charge in [0.25, 0.3) is 0 Å². The number of hydrogen-bond acceptors (Lipinski definition) is 5. The summed E-state index contributed by atoms with van der Waals surface area (Å²) in [5.41, 5.74) is -0.122. The number of aliphatic hydroxyl groups is 2. The van der Waals surface area contributed by atoms with Crippen molar-refractivity contribution >= 4 is 16.9 Å². The molecule has 0 heterocycles. The van der Waals surface area contributed by atoms with E-state index in [0.29, 0.717) is 25.4 Å². The second kappa shape index (κ2) is 9.82. The molecule has 4 nitrogen and oxygen atoms in total. The van der Waals surface area contributed by atoms with Gasteiger partial charge in [-0.25, -0.2) is 0 Å². The zero-order valence-corrected chi connectivity index (χ0v) is 15.2. The minimum Gasteiger partial charge on any atom is -0.392 e. The lowest BCUT2D eigenvalue weighted by Gasteiger charge is -2.41. The Bertz CT molecular complexity index is 296. The molecule has 0 fully saturated rings. The highest BCUT2D eigenvalue weighted by Crippen LogP contribution is 2.26. The Hall–Kier alpha value is -0.100. The number of rotatable bonds is 10. The quantitative estimate of drug-likeness (QED) is 0.648. The summed E-state index contributed by atoms with van der Waals surface area (Å²) in [5.74, 6) is 1.24. The Morgan fingerprint density at radius 2 is 1.62 bits per heavy atom. The van der Waals surface area contributed by atoms with E-state index in [1.807, 2.05) is 6.92 Å². The highest BCUT2D eigenvalue weighted by atomic mass is 32.2. The van der Waals surface area contributed by atoms with E-state index in [9.17, 15) is 15.0 Å². The van der Waals surface area contributed by atoms with Gasteiger partial charge in [-0.05, 0) is 40.0 Å². The first-order chi connectivity index (χ1) is 9.58. The van der Waals surface area contributed by atoms with E-state index in [2.05, 4.69) is 25.7 Å². The number of carbonyl (C=O) groups excluding carboxylic acids is 1. The molecule has 0 rings (SSSR count). The summed E-state index contributed by atoms with van der Waals surface area (Å²) in [4.78, 5) is 13.5. The van der Waals surface area contributed by atoms with Crippen molar-refractivity contribution in [2.24, 2.45) is 5.92 Å². The van der Waals surface area contributed by atoms with E-state index < -0.39 is 12.2 Å². The van der Waals surface area contributed by atoms with Crippen molar-refractivity contribution in [2.45, 2.75) is 72.1 Å². The molecule has 0 saturated carbocycles. The molecule has 0 radical (unpaired) electrons. The van der Waals surface area contributed by atoms with Crippen LogP contribution in [0.15, 0.2) is 0 Å². The summed E-state index contributed by atoms with van der Waals surface area (Å²) in [7, 11) is 0. The van der Waals surface area contributed by atoms with Crippen molar-refractivity contribution in [3.63, 3.8) is 0 Å². The number of thioether (sulfide) groups is 1. The van der Waals surface area contributed by atoms with E-state index >= 15 is 0 Å². The fourth-order valence-corrected chi connectivity index (χ4v) is 3.38. The summed E-state index contributed by atoms with van der Waals surface area (Å²) < 4.78 is 0. The number of hydrogen-bond donors (Lipinski definition) is 2. The molecule has 0 spiro atoms. The number of aliphatic hydroxyl groups excluding tert-OH is 2. The maximum atomic E-state index is 11.4. The van der Waals surface area contributed by atoms with Gasteiger partial charge in [0.15, 0.2) is 5.12 Å². The number of β-amino-alcohol motifs (C(OH)–C–C–N with tert-alkyl or cyclic N) is 2. The van der Waals surface area contributed by atoms with Crippen molar-refractivity contribution < 1.29 is 15.0 Å². The molecule has 0 aliphatic heterocycles. The molecular formula is C16H33NO3S. The first-order valence-corrected chi connectivity index (χ1v) is 8.83. The summed E-state index contributed by atoms with van der Waals surface area (Å²) >= 11 is 1.41. The highest BCUT2D eigenvalue weighted by molar-refractivity contribution is 8.13. The molecule has 5 heteroatoms. The third kappa shape index (κ3) is 9.51. The van der Waals surface area contributed by atoms with Crippen LogP contribution in [0.5, 0.6) is 0 Å². The number of nitrogens with zero attached hydrogens (tertiary/aromatic N) is 1. The summed E-state index contributed by atoms with van der Waals surface area (Å²) in [6.45, 7) is 12.9. The lowest BCUT2D eigenvalue weighted by atomic mass is 9.90. The van der Waals surface area contributed by atoms with Crippen molar-refractivity contribution in [3.05, 3.63) is 0 Å². The smallest absolute Gasteiger partial charge is 0.188 e. The van der Waals surface area contributed by atoms with Gasteiger partial charge in [0, 0.05) is 30.8 Å². The molecule has 3 unspecified atom stereocenters. The third-order valence-corrected chi connectivity index (χ3v) is 4.84. The van der Waals surface area contributed by atoms with Crippen LogP contribution in [-0.4, -0.2) is 56.8 Å². The van der Waals surface area contributed by atoms with Gasteiger partial charge < -0.3 is 10.2 Å². The predicted molar refractivity (Wildman–Crippen MR) is 90.6 cm³/mol. The maximum Gasteiger partial charge on any atom is 0.188 e. The summed E-state index contributed by atoms with van der Waals surface area (Å²) in [6, 6.07) is 0. The van der Waals surface area contributed by atoms with Crippen LogP contribution in [-0.2, 0) is 4.79 Å². The van der Waals surface area contributed by atoms with Crippen LogP contribution >= 0.6 is 11.8 Å². The summed E-state index contributed by atoms with van der Waals surface area (Å²) in [5, 5.41) is 19.6. The molecule has 0 bridgehead atoms. The molecule has 2 N–H and O–H groups in total. The molecule has 0 aliphatic rings. The monoisotopic (exact) mass is 319 g/mol. The van der Waals surface area contributed by atoms with Crippen LogP contribution in [0.2, 0.25) is 0 Å². The normalized spacial score (nSPS) is 16.8. The van der Waals surface area contributed by atoms with Gasteiger partial charge in [-0.2, -0.15) is 0 Å². The molecule has 0 aromatic heterocycles. The lowest BCUT2D eigenvalue weighted by Crippen LogP contribution is -2.50. The van der Waals surface area contributed by atoms with Crippen LogP contribution in [0, 0.1) is 5.92 Å². The topological polar surface area (TPSA) is 60.8 Å². The molecule has 21 heavy (non-hydrogen) atoms. The van der Waals surface area contributed by atoms with Gasteiger partial charge in [0.1, 0.15) is 0 Å². The van der Waals surface area contributed by atoms with Gasteiger partial charge in [-0.15, -0.1) is 0 Å². The Labute approximate surface area is 134 Å². The SMILES string of the molecule is CCC(=O)SCC(C)CC(C)(C)N(CC(C)O)CC(C)O. The Kier molecular flexibility index (Phi) is 9.78. The molecule has 0 saturated heterocycles. The van der Waals surface area contributed by atoms with E-state index in [-0.39, 0.29) is 10.7 Å². The van der Waals surface area contributed by atoms with E-state index in [1.54, 1.807) is 13.8 Å². The van der Waals surface area contributed by atoms with Gasteiger partial charge in [-0.3, -0.25) is 9.69 Å². The second-order valence-electron chi connectivity index (χ2n) is 6.76. The number of carbonyl (C=O) groups is 1. The van der Waals surface area contributed by atoms with E-state index in [0.717, 1.165) is 12.2 Å². The van der Waals surface area contributed by atoms with Crippen LogP contribution in [0.3, 0.4) is 0 Å². The van der Waals surface area contributed by atoms with Crippen molar-refractivity contribution in [3.8, 4) is 0 Å². The highest BCUT2D eigenvalue weighted by Gasteiger charge is 2.30. The second-order valence-corrected chi connectivity index (χ2v) is 7.84. The van der Waals surface area contributed by atoms with Crippen LogP contribution in [0.4, 0.5) is 0 Å². The van der Waals surface area contributed by atoms with Crippen molar-refractivity contribution in [2.75, 3.05) is 18.8 Å². The van der Waals surface area contributed by atoms with Crippen molar-refractivity contribution in [1.29, 1.82) is 0 Å². The Morgan fingerprint density at radius 1 is 1.14 bits per heavy atom. The minimum absolute atomic E-state index is 0.122. The van der Waals surface area contributed by atoms with Gasteiger partial charge in [0.05, 0.1) is 12.2 Å². The molecule has 0 aromatic carbocycles. The van der Waals surface area contributed by atoms with Crippen LogP contribution in [0.25, 0.3) is 0 Å². The third-order valence-electron chi connectivity index (χ3n) is 3.49. The molecule has 3 atom stereocenters. The Balaban J connectivity index is 4.59. The van der Waals surface area contributed by atoms with Crippen LogP contribution in [0.1, 0.15) is 54.4 Å². The average molecular weight is 320 g/mol. The first kappa shape index (κ1) is 20.9. The zero-order valence-electron chi connectivity index (χ0n) is 14.4. The molecular weight excluding hydrogens is 286 g/mol. The summed E-state index contributed by atoms with van der Waals surface area (Å²) in [6.07, 6.45) is 0.664. The minimum atomic E-state index is -0.422. The van der Waals surface area contributed by atoms with Crippen molar-refractivity contribution in [1.82, 2.24) is 4.90 Å².